The summed E-state index contributed by atoms with van der Waals surface area (Å²) in [6, 6.07) is 0. The average molecular weight is 265 g/mol. The van der Waals surface area contributed by atoms with E-state index in [9.17, 15) is 13.2 Å². The molecule has 0 bridgehead atoms. The molecule has 0 atom stereocenters. The molecule has 7 heteroatoms. The quantitative estimate of drug-likeness (QED) is 0.888. The molecule has 0 aliphatic carbocycles. The maximum absolute atomic E-state index is 11.8. The number of halogens is 3. The predicted octanol–water partition coefficient (Wildman–Crippen LogP) is 2.31. The van der Waals surface area contributed by atoms with Gasteiger partial charge in [0.1, 0.15) is 5.82 Å². The molecule has 0 aliphatic rings. The van der Waals surface area contributed by atoms with Crippen LogP contribution in [0.2, 0.25) is 0 Å². The Kier molecular flexibility index (Phi) is 4.75. The molecule has 0 amide bonds. The summed E-state index contributed by atoms with van der Waals surface area (Å²) in [5.74, 6) is 0.690. The van der Waals surface area contributed by atoms with Gasteiger partial charge in [-0.2, -0.15) is 0 Å². The Hall–Kier alpha value is -1.08. The topological polar surface area (TPSA) is 39.1 Å². The van der Waals surface area contributed by atoms with Gasteiger partial charge in [-0.05, 0) is 20.8 Å². The monoisotopic (exact) mass is 265 g/mol. The Morgan fingerprint density at radius 2 is 2.00 bits per heavy atom. The van der Waals surface area contributed by atoms with E-state index in [-0.39, 0.29) is 12.1 Å². The molecule has 0 saturated heterocycles. The number of hydrogen-bond acceptors (Lipinski definition) is 3. The predicted molar refractivity (Wildman–Crippen MR) is 60.8 cm³/mol. The summed E-state index contributed by atoms with van der Waals surface area (Å²) >= 11 is 0. The molecule has 0 saturated carbocycles. The van der Waals surface area contributed by atoms with E-state index in [0.29, 0.717) is 12.4 Å². The summed E-state index contributed by atoms with van der Waals surface area (Å²) in [5.41, 5.74) is -0.0702. The highest BCUT2D eigenvalue weighted by atomic mass is 19.4. The zero-order valence-electron chi connectivity index (χ0n) is 10.7. The molecule has 0 fully saturated rings. The van der Waals surface area contributed by atoms with Gasteiger partial charge in [-0.1, -0.05) is 0 Å². The standard InChI is InChI=1S/C11H18F3N3O/c1-10(2,3)16-8-9-15-4-5-17(9)6-7-18-11(12,13)14/h4-5,16H,6-8H2,1-3H3. The van der Waals surface area contributed by atoms with E-state index >= 15 is 0 Å². The third kappa shape index (κ3) is 6.02. The van der Waals surface area contributed by atoms with E-state index in [1.165, 1.54) is 0 Å². The second-order valence-electron chi connectivity index (χ2n) is 4.93. The summed E-state index contributed by atoms with van der Waals surface area (Å²) in [4.78, 5) is 4.10. The number of hydrogen-bond donors (Lipinski definition) is 1. The highest BCUT2D eigenvalue weighted by Crippen LogP contribution is 2.16. The number of ether oxygens (including phenoxy) is 1. The van der Waals surface area contributed by atoms with Gasteiger partial charge in [-0.25, -0.2) is 4.98 Å². The molecule has 0 spiro atoms. The molecule has 4 nitrogen and oxygen atoms in total. The van der Waals surface area contributed by atoms with Crippen molar-refractivity contribution in [1.29, 1.82) is 0 Å². The second kappa shape index (κ2) is 5.71. The van der Waals surface area contributed by atoms with Crippen molar-refractivity contribution in [3.8, 4) is 0 Å². The van der Waals surface area contributed by atoms with Gasteiger partial charge in [0.15, 0.2) is 0 Å². The van der Waals surface area contributed by atoms with Gasteiger partial charge in [-0.15, -0.1) is 13.2 Å². The zero-order chi connectivity index (χ0) is 13.8. The first-order valence-corrected chi connectivity index (χ1v) is 5.63. The fourth-order valence-corrected chi connectivity index (χ4v) is 1.31. The molecule has 0 radical (unpaired) electrons. The molecule has 1 aromatic rings. The lowest BCUT2D eigenvalue weighted by Gasteiger charge is -2.20. The van der Waals surface area contributed by atoms with E-state index in [1.54, 1.807) is 17.0 Å². The van der Waals surface area contributed by atoms with Crippen LogP contribution in [-0.4, -0.2) is 28.1 Å². The summed E-state index contributed by atoms with van der Waals surface area (Å²) in [6.45, 7) is 6.23. The lowest BCUT2D eigenvalue weighted by Crippen LogP contribution is -2.36. The minimum atomic E-state index is -4.58. The van der Waals surface area contributed by atoms with Gasteiger partial charge in [0.25, 0.3) is 0 Å². The van der Waals surface area contributed by atoms with Gasteiger partial charge in [-0.3, -0.25) is 4.74 Å². The van der Waals surface area contributed by atoms with Crippen LogP contribution in [0, 0.1) is 0 Å². The second-order valence-corrected chi connectivity index (χ2v) is 4.93. The van der Waals surface area contributed by atoms with Crippen molar-refractivity contribution >= 4 is 0 Å². The van der Waals surface area contributed by atoms with E-state index in [4.69, 9.17) is 0 Å². The lowest BCUT2D eigenvalue weighted by molar-refractivity contribution is -0.325. The van der Waals surface area contributed by atoms with Gasteiger partial charge in [0, 0.05) is 24.5 Å². The van der Waals surface area contributed by atoms with Crippen LogP contribution in [0.25, 0.3) is 0 Å². The van der Waals surface area contributed by atoms with Crippen molar-refractivity contribution in [3.05, 3.63) is 18.2 Å². The zero-order valence-corrected chi connectivity index (χ0v) is 10.7. The Labute approximate surface area is 104 Å². The molecule has 1 aromatic heterocycles. The fraction of sp³-hybridized carbons (Fsp3) is 0.727. The molecule has 104 valence electrons. The third-order valence-electron chi connectivity index (χ3n) is 2.18. The smallest absolute Gasteiger partial charge is 0.332 e. The number of nitrogens with zero attached hydrogens (tertiary/aromatic N) is 2. The Bertz CT molecular complexity index is 368. The minimum Gasteiger partial charge on any atom is -0.332 e. The molecule has 1 rings (SSSR count). The van der Waals surface area contributed by atoms with Crippen LogP contribution in [-0.2, 0) is 17.8 Å². The molecule has 0 unspecified atom stereocenters. The van der Waals surface area contributed by atoms with E-state index in [2.05, 4.69) is 15.0 Å². The molecule has 0 aliphatic heterocycles. The summed E-state index contributed by atoms with van der Waals surface area (Å²) in [7, 11) is 0. The number of aromatic nitrogens is 2. The number of imidazole rings is 1. The summed E-state index contributed by atoms with van der Waals surface area (Å²) in [5, 5.41) is 3.22. The molecular formula is C11H18F3N3O. The highest BCUT2D eigenvalue weighted by molar-refractivity contribution is 4.93. The van der Waals surface area contributed by atoms with Crippen molar-refractivity contribution in [1.82, 2.24) is 14.9 Å². The van der Waals surface area contributed by atoms with Crippen molar-refractivity contribution in [2.75, 3.05) is 6.61 Å². The first-order valence-electron chi connectivity index (χ1n) is 5.63. The Morgan fingerprint density at radius 1 is 1.33 bits per heavy atom. The van der Waals surface area contributed by atoms with Crippen molar-refractivity contribution in [2.45, 2.75) is 45.8 Å². The van der Waals surface area contributed by atoms with Gasteiger partial charge in [0.05, 0.1) is 13.2 Å². The normalized spacial score (nSPS) is 13.0. The Balaban J connectivity index is 2.45. The summed E-state index contributed by atoms with van der Waals surface area (Å²) < 4.78 is 40.9. The van der Waals surface area contributed by atoms with Crippen LogP contribution < -0.4 is 5.32 Å². The van der Waals surface area contributed by atoms with Crippen LogP contribution in [0.3, 0.4) is 0 Å². The van der Waals surface area contributed by atoms with Crippen LogP contribution in [0.15, 0.2) is 12.4 Å². The molecular weight excluding hydrogens is 247 g/mol. The summed E-state index contributed by atoms with van der Waals surface area (Å²) in [6.07, 6.45) is -1.38. The molecule has 18 heavy (non-hydrogen) atoms. The highest BCUT2D eigenvalue weighted by Gasteiger charge is 2.28. The van der Waals surface area contributed by atoms with Crippen LogP contribution in [0.5, 0.6) is 0 Å². The van der Waals surface area contributed by atoms with Gasteiger partial charge < -0.3 is 9.88 Å². The van der Waals surface area contributed by atoms with Crippen LogP contribution in [0.4, 0.5) is 13.2 Å². The number of nitrogens with one attached hydrogen (secondary N) is 1. The SMILES string of the molecule is CC(C)(C)NCc1nccn1CCOC(F)(F)F. The third-order valence-corrected chi connectivity index (χ3v) is 2.18. The Morgan fingerprint density at radius 3 is 2.56 bits per heavy atom. The van der Waals surface area contributed by atoms with Crippen molar-refractivity contribution in [3.63, 3.8) is 0 Å². The average Bonchev–Trinajstić information content (AvgIpc) is 2.59. The first-order chi connectivity index (χ1) is 8.17. The molecule has 1 N–H and O–H groups in total. The molecule has 0 aromatic carbocycles. The van der Waals surface area contributed by atoms with Crippen molar-refractivity contribution < 1.29 is 17.9 Å². The van der Waals surface area contributed by atoms with E-state index in [0.717, 1.165) is 0 Å². The van der Waals surface area contributed by atoms with Gasteiger partial charge in [0.2, 0.25) is 0 Å². The van der Waals surface area contributed by atoms with Gasteiger partial charge >= 0.3 is 6.36 Å². The van der Waals surface area contributed by atoms with E-state index in [1.807, 2.05) is 20.8 Å². The lowest BCUT2D eigenvalue weighted by atomic mass is 10.1. The number of alkyl halides is 3. The van der Waals surface area contributed by atoms with Crippen LogP contribution in [0.1, 0.15) is 26.6 Å². The largest absolute Gasteiger partial charge is 0.522 e. The minimum absolute atomic E-state index is 0.0702. The van der Waals surface area contributed by atoms with E-state index < -0.39 is 13.0 Å². The van der Waals surface area contributed by atoms with Crippen molar-refractivity contribution in [2.24, 2.45) is 0 Å². The maximum atomic E-state index is 11.8. The first kappa shape index (κ1) is 15.0. The van der Waals surface area contributed by atoms with Crippen LogP contribution >= 0.6 is 0 Å². The maximum Gasteiger partial charge on any atom is 0.522 e. The fourth-order valence-electron chi connectivity index (χ4n) is 1.31. The molecule has 1 heterocycles. The number of rotatable bonds is 5.